The third-order valence-corrected chi connectivity index (χ3v) is 8.92. The molecule has 3 aromatic carbocycles. The van der Waals surface area contributed by atoms with Gasteiger partial charge in [-0.25, -0.2) is 4.98 Å². The summed E-state index contributed by atoms with van der Waals surface area (Å²) in [5.41, 5.74) is 5.17. The Morgan fingerprint density at radius 3 is 2.00 bits per heavy atom. The number of carbonyl (C=O) groups is 1. The van der Waals surface area contributed by atoms with Crippen LogP contribution in [0.1, 0.15) is 46.8 Å². The predicted octanol–water partition coefficient (Wildman–Crippen LogP) is 5.49. The van der Waals surface area contributed by atoms with Gasteiger partial charge in [-0.05, 0) is 30.0 Å². The fourth-order valence-electron chi connectivity index (χ4n) is 5.52. The van der Waals surface area contributed by atoms with Crippen molar-refractivity contribution in [3.8, 4) is 0 Å². The molecule has 4 aromatic rings. The van der Waals surface area contributed by atoms with E-state index in [2.05, 4.69) is 65.6 Å². The molecule has 0 saturated carbocycles. The lowest BCUT2D eigenvalue weighted by Gasteiger charge is -2.40. The molecular formula is C34H38N4O2S. The van der Waals surface area contributed by atoms with Gasteiger partial charge in [0.05, 0.1) is 6.04 Å². The van der Waals surface area contributed by atoms with Crippen molar-refractivity contribution in [2.75, 3.05) is 31.9 Å². The molecule has 0 unspecified atom stereocenters. The number of nitrogens with zero attached hydrogens (tertiary/aromatic N) is 4. The molecule has 5 rings (SSSR count). The number of aromatic nitrogens is 2. The largest absolute Gasteiger partial charge is 0.340 e. The van der Waals surface area contributed by atoms with Crippen LogP contribution in [-0.4, -0.2) is 57.2 Å². The first-order valence-corrected chi connectivity index (χ1v) is 15.3. The second kappa shape index (κ2) is 13.8. The van der Waals surface area contributed by atoms with Gasteiger partial charge in [0.15, 0.2) is 5.16 Å². The summed E-state index contributed by atoms with van der Waals surface area (Å²) in [4.78, 5) is 35.3. The van der Waals surface area contributed by atoms with Gasteiger partial charge in [-0.3, -0.25) is 19.1 Å². The molecule has 2 heterocycles. The van der Waals surface area contributed by atoms with Crippen LogP contribution in [0.4, 0.5) is 0 Å². The second-order valence-electron chi connectivity index (χ2n) is 10.6. The van der Waals surface area contributed by atoms with Crippen LogP contribution in [0, 0.1) is 6.92 Å². The zero-order chi connectivity index (χ0) is 28.6. The van der Waals surface area contributed by atoms with E-state index in [1.165, 1.54) is 11.1 Å². The Hall–Kier alpha value is -3.68. The summed E-state index contributed by atoms with van der Waals surface area (Å²) in [6.07, 6.45) is 1.84. The number of hydrogen-bond acceptors (Lipinski definition) is 5. The van der Waals surface area contributed by atoms with E-state index in [4.69, 9.17) is 4.98 Å². The number of hydrogen-bond donors (Lipinski definition) is 0. The Bertz CT molecular complexity index is 1440. The molecule has 0 radical (unpaired) electrons. The van der Waals surface area contributed by atoms with Gasteiger partial charge in [0.1, 0.15) is 0 Å². The van der Waals surface area contributed by atoms with Crippen molar-refractivity contribution in [2.24, 2.45) is 7.05 Å². The van der Waals surface area contributed by atoms with Crippen LogP contribution in [0.25, 0.3) is 0 Å². The highest BCUT2D eigenvalue weighted by Crippen LogP contribution is 2.29. The fraction of sp³-hybridized carbons (Fsp3) is 0.324. The summed E-state index contributed by atoms with van der Waals surface area (Å²) in [7, 11) is 1.79. The van der Waals surface area contributed by atoms with Crippen molar-refractivity contribution in [1.29, 1.82) is 0 Å². The molecule has 212 valence electrons. The molecule has 0 aliphatic carbocycles. The smallest absolute Gasteiger partial charge is 0.257 e. The molecule has 0 atom stereocenters. The summed E-state index contributed by atoms with van der Waals surface area (Å²) >= 11 is 1.55. The summed E-state index contributed by atoms with van der Waals surface area (Å²) in [5, 5.41) is 0.707. The van der Waals surface area contributed by atoms with Crippen molar-refractivity contribution in [2.45, 2.75) is 37.4 Å². The first-order chi connectivity index (χ1) is 20.0. The number of piperazine rings is 1. The second-order valence-corrected chi connectivity index (χ2v) is 11.6. The van der Waals surface area contributed by atoms with E-state index in [9.17, 15) is 9.59 Å². The van der Waals surface area contributed by atoms with Gasteiger partial charge in [0.2, 0.25) is 5.91 Å². The number of benzene rings is 3. The maximum atomic E-state index is 13.1. The van der Waals surface area contributed by atoms with E-state index in [1.807, 2.05) is 42.2 Å². The fourth-order valence-corrected chi connectivity index (χ4v) is 6.47. The van der Waals surface area contributed by atoms with Crippen LogP contribution in [0.2, 0.25) is 0 Å². The number of thioether (sulfide) groups is 1. The maximum absolute atomic E-state index is 13.1. The Balaban J connectivity index is 1.12. The van der Waals surface area contributed by atoms with Crippen molar-refractivity contribution >= 4 is 17.7 Å². The predicted molar refractivity (Wildman–Crippen MR) is 166 cm³/mol. The highest BCUT2D eigenvalue weighted by molar-refractivity contribution is 7.99. The molecule has 7 heteroatoms. The van der Waals surface area contributed by atoms with Crippen molar-refractivity contribution in [1.82, 2.24) is 19.4 Å². The summed E-state index contributed by atoms with van der Waals surface area (Å²) in [5.74, 6) is 0.950. The Kier molecular flexibility index (Phi) is 9.70. The highest BCUT2D eigenvalue weighted by Gasteiger charge is 2.28. The first-order valence-electron chi connectivity index (χ1n) is 14.4. The van der Waals surface area contributed by atoms with Crippen molar-refractivity contribution in [3.05, 3.63) is 129 Å². The molecule has 41 heavy (non-hydrogen) atoms. The van der Waals surface area contributed by atoms with E-state index in [1.54, 1.807) is 23.4 Å². The van der Waals surface area contributed by atoms with Gasteiger partial charge < -0.3 is 4.90 Å². The lowest BCUT2D eigenvalue weighted by molar-refractivity contribution is -0.133. The molecule has 1 aromatic heterocycles. The van der Waals surface area contributed by atoms with E-state index < -0.39 is 0 Å². The summed E-state index contributed by atoms with van der Waals surface area (Å²) < 4.78 is 1.65. The number of aryl methyl sites for hydroxylation is 1. The van der Waals surface area contributed by atoms with Crippen LogP contribution in [0.3, 0.4) is 0 Å². The number of carbonyl (C=O) groups excluding carboxylic acids is 1. The molecule has 0 bridgehead atoms. The standard InChI is InChI=1S/C34H38N4O2S/c1-26-30(25-27-13-6-3-7-14-27)33(40)36(2)34(35-26)41-24-12-19-31(39)37-20-22-38(23-21-37)32(28-15-8-4-9-16-28)29-17-10-5-11-18-29/h3-11,13-18,32H,12,19-25H2,1-2H3. The van der Waals surface area contributed by atoms with E-state index in [0.29, 0.717) is 18.0 Å². The molecular weight excluding hydrogens is 528 g/mol. The molecule has 1 amide bonds. The Labute approximate surface area is 247 Å². The molecule has 1 fully saturated rings. The molecule has 1 aliphatic heterocycles. The minimum Gasteiger partial charge on any atom is -0.340 e. The highest BCUT2D eigenvalue weighted by atomic mass is 32.2. The lowest BCUT2D eigenvalue weighted by atomic mass is 9.96. The quantitative estimate of drug-likeness (QED) is 0.144. The van der Waals surface area contributed by atoms with E-state index in [-0.39, 0.29) is 17.5 Å². The molecule has 1 aliphatic rings. The van der Waals surface area contributed by atoms with Crippen LogP contribution in [-0.2, 0) is 18.3 Å². The number of rotatable bonds is 10. The van der Waals surface area contributed by atoms with Gasteiger partial charge in [0.25, 0.3) is 5.56 Å². The van der Waals surface area contributed by atoms with Crippen molar-refractivity contribution < 1.29 is 4.79 Å². The van der Waals surface area contributed by atoms with E-state index >= 15 is 0 Å². The summed E-state index contributed by atoms with van der Waals surface area (Å²) in [6, 6.07) is 31.4. The Morgan fingerprint density at radius 2 is 1.41 bits per heavy atom. The minimum absolute atomic E-state index is 0.00195. The first kappa shape index (κ1) is 28.8. The third-order valence-electron chi connectivity index (χ3n) is 7.80. The van der Waals surface area contributed by atoms with Crippen molar-refractivity contribution in [3.63, 3.8) is 0 Å². The zero-order valence-electron chi connectivity index (χ0n) is 23.9. The molecule has 0 N–H and O–H groups in total. The van der Waals surface area contributed by atoms with Crippen LogP contribution in [0.15, 0.2) is 101 Å². The third kappa shape index (κ3) is 7.16. The molecule has 6 nitrogen and oxygen atoms in total. The van der Waals surface area contributed by atoms with Gasteiger partial charge in [0, 0.05) is 63.1 Å². The van der Waals surface area contributed by atoms with Gasteiger partial charge in [-0.15, -0.1) is 0 Å². The topological polar surface area (TPSA) is 58.4 Å². The average molecular weight is 567 g/mol. The number of amides is 1. The SMILES string of the molecule is Cc1nc(SCCCC(=O)N2CCN(C(c3ccccc3)c3ccccc3)CC2)n(C)c(=O)c1Cc1ccccc1. The monoisotopic (exact) mass is 566 g/mol. The normalized spacial score (nSPS) is 14.0. The van der Waals surface area contributed by atoms with Gasteiger partial charge >= 0.3 is 0 Å². The maximum Gasteiger partial charge on any atom is 0.257 e. The lowest BCUT2D eigenvalue weighted by Crippen LogP contribution is -2.49. The summed E-state index contributed by atoms with van der Waals surface area (Å²) in [6.45, 7) is 5.07. The van der Waals surface area contributed by atoms with Gasteiger partial charge in [-0.1, -0.05) is 103 Å². The van der Waals surface area contributed by atoms with Crippen LogP contribution < -0.4 is 5.56 Å². The molecule has 0 spiro atoms. The zero-order valence-corrected chi connectivity index (χ0v) is 24.7. The molecule has 1 saturated heterocycles. The van der Waals surface area contributed by atoms with Crippen LogP contribution in [0.5, 0.6) is 0 Å². The average Bonchev–Trinajstić information content (AvgIpc) is 3.02. The van der Waals surface area contributed by atoms with E-state index in [0.717, 1.165) is 55.2 Å². The van der Waals surface area contributed by atoms with Crippen LogP contribution >= 0.6 is 11.8 Å². The Morgan fingerprint density at radius 1 is 0.854 bits per heavy atom. The minimum atomic E-state index is 0.00195. The van der Waals surface area contributed by atoms with Gasteiger partial charge in [-0.2, -0.15) is 0 Å².